The molecule has 134 valence electrons. The fraction of sp³-hybridized carbons (Fsp3) is 0.0909. The number of amides is 1. The van der Waals surface area contributed by atoms with Crippen molar-refractivity contribution in [2.75, 3.05) is 18.6 Å². The molecule has 0 N–H and O–H groups in total. The first-order valence-corrected chi connectivity index (χ1v) is 9.37. The molecule has 0 aliphatic rings. The average molecular weight is 374 g/mol. The molecule has 2 heterocycles. The van der Waals surface area contributed by atoms with Gasteiger partial charge in [0.2, 0.25) is 0 Å². The molecule has 2 aromatic heterocycles. The number of nitrogens with zero attached hydrogens (tertiary/aromatic N) is 2. The Kier molecular flexibility index (Phi) is 4.60. The fourth-order valence-corrected chi connectivity index (χ4v) is 3.99. The van der Waals surface area contributed by atoms with Crippen molar-refractivity contribution in [2.24, 2.45) is 0 Å². The Labute approximate surface area is 161 Å². The lowest BCUT2D eigenvalue weighted by Gasteiger charge is -2.20. The lowest BCUT2D eigenvalue weighted by atomic mass is 10.2. The molecule has 2 aromatic carbocycles. The summed E-state index contributed by atoms with van der Waals surface area (Å²) in [6, 6.07) is 19.4. The van der Waals surface area contributed by atoms with Crippen molar-refractivity contribution in [1.29, 1.82) is 0 Å². The van der Waals surface area contributed by atoms with Gasteiger partial charge < -0.3 is 9.64 Å². The van der Waals surface area contributed by atoms with E-state index in [9.17, 15) is 4.79 Å². The van der Waals surface area contributed by atoms with Crippen LogP contribution in [-0.4, -0.2) is 24.5 Å². The Bertz CT molecular complexity index is 1140. The molecule has 0 saturated heterocycles. The largest absolute Gasteiger partial charge is 0.497 e. The van der Waals surface area contributed by atoms with E-state index in [1.54, 1.807) is 18.1 Å². The molecule has 4 nitrogen and oxygen atoms in total. The second-order valence-electron chi connectivity index (χ2n) is 6.09. The molecular weight excluding hydrogens is 356 g/mol. The van der Waals surface area contributed by atoms with Gasteiger partial charge in [-0.05, 0) is 42.5 Å². The van der Waals surface area contributed by atoms with E-state index in [-0.39, 0.29) is 5.91 Å². The van der Waals surface area contributed by atoms with Crippen LogP contribution in [0.3, 0.4) is 0 Å². The van der Waals surface area contributed by atoms with Crippen LogP contribution in [0, 0.1) is 0 Å². The monoisotopic (exact) mass is 374 g/mol. The molecule has 0 bridgehead atoms. The number of anilines is 1. The van der Waals surface area contributed by atoms with Crippen molar-refractivity contribution < 1.29 is 9.53 Å². The minimum atomic E-state index is -0.0502. The molecule has 5 heteroatoms. The molecule has 0 atom stereocenters. The minimum absolute atomic E-state index is 0.0502. The van der Waals surface area contributed by atoms with Crippen LogP contribution < -0.4 is 9.64 Å². The smallest absolute Gasteiger partial charge is 0.268 e. The molecule has 0 aliphatic carbocycles. The summed E-state index contributed by atoms with van der Waals surface area (Å²) in [4.78, 5) is 21.1. The molecule has 0 radical (unpaired) electrons. The van der Waals surface area contributed by atoms with E-state index in [2.05, 4.69) is 6.58 Å². The van der Waals surface area contributed by atoms with Crippen molar-refractivity contribution in [1.82, 2.24) is 4.98 Å². The topological polar surface area (TPSA) is 42.4 Å². The first kappa shape index (κ1) is 17.2. The minimum Gasteiger partial charge on any atom is -0.497 e. The molecule has 4 aromatic rings. The highest BCUT2D eigenvalue weighted by molar-refractivity contribution is 7.20. The van der Waals surface area contributed by atoms with Gasteiger partial charge in [0.1, 0.15) is 10.6 Å². The summed E-state index contributed by atoms with van der Waals surface area (Å²) in [7, 11) is 1.65. The summed E-state index contributed by atoms with van der Waals surface area (Å²) < 4.78 is 5.29. The highest BCUT2D eigenvalue weighted by Crippen LogP contribution is 2.30. The number of para-hydroxylation sites is 1. The zero-order valence-corrected chi connectivity index (χ0v) is 15.7. The second kappa shape index (κ2) is 7.21. The van der Waals surface area contributed by atoms with Gasteiger partial charge in [-0.15, -0.1) is 17.9 Å². The first-order valence-electron chi connectivity index (χ1n) is 8.56. The van der Waals surface area contributed by atoms with Gasteiger partial charge in [-0.25, -0.2) is 4.98 Å². The number of hydrogen-bond acceptors (Lipinski definition) is 4. The number of fused-ring (bicyclic) bond motifs is 2. The molecule has 0 saturated carbocycles. The maximum atomic E-state index is 13.1. The normalized spacial score (nSPS) is 10.9. The van der Waals surface area contributed by atoms with Gasteiger partial charge in [-0.3, -0.25) is 4.79 Å². The lowest BCUT2D eigenvalue weighted by molar-refractivity contribution is 0.0993. The highest BCUT2D eigenvalue weighted by atomic mass is 32.1. The van der Waals surface area contributed by atoms with E-state index in [1.807, 2.05) is 60.7 Å². The van der Waals surface area contributed by atoms with Crippen LogP contribution in [0.1, 0.15) is 9.67 Å². The van der Waals surface area contributed by atoms with E-state index < -0.39 is 0 Å². The first-order chi connectivity index (χ1) is 13.2. The summed E-state index contributed by atoms with van der Waals surface area (Å²) in [5.74, 6) is 0.738. The van der Waals surface area contributed by atoms with Crippen LogP contribution in [0.25, 0.3) is 21.1 Å². The molecular formula is C22H18N2O2S. The molecule has 4 rings (SSSR count). The van der Waals surface area contributed by atoms with Crippen LogP contribution >= 0.6 is 11.3 Å². The van der Waals surface area contributed by atoms with Gasteiger partial charge in [0.05, 0.1) is 17.5 Å². The maximum Gasteiger partial charge on any atom is 0.268 e. The summed E-state index contributed by atoms with van der Waals surface area (Å²) >= 11 is 1.41. The molecule has 0 spiro atoms. The van der Waals surface area contributed by atoms with E-state index in [4.69, 9.17) is 9.72 Å². The average Bonchev–Trinajstić information content (AvgIpc) is 3.12. The number of rotatable bonds is 5. The second-order valence-corrected chi connectivity index (χ2v) is 7.12. The van der Waals surface area contributed by atoms with Crippen LogP contribution in [0.15, 0.2) is 73.3 Å². The van der Waals surface area contributed by atoms with Crippen LogP contribution in [0.4, 0.5) is 5.69 Å². The van der Waals surface area contributed by atoms with Crippen molar-refractivity contribution in [3.05, 3.63) is 78.2 Å². The Balaban J connectivity index is 1.76. The van der Waals surface area contributed by atoms with Gasteiger partial charge in [0.15, 0.2) is 0 Å². The zero-order chi connectivity index (χ0) is 18.8. The third-order valence-electron chi connectivity index (χ3n) is 4.34. The third-order valence-corrected chi connectivity index (χ3v) is 5.38. The van der Waals surface area contributed by atoms with E-state index in [0.717, 1.165) is 32.6 Å². The SMILES string of the molecule is C=CCN(C(=O)c1cc2cc3cc(OC)ccc3nc2s1)c1ccccc1. The predicted molar refractivity (Wildman–Crippen MR) is 112 cm³/mol. The van der Waals surface area contributed by atoms with Crippen molar-refractivity contribution in [3.8, 4) is 5.75 Å². The number of methoxy groups -OCH3 is 1. The van der Waals surface area contributed by atoms with Crippen molar-refractivity contribution in [3.63, 3.8) is 0 Å². The highest BCUT2D eigenvalue weighted by Gasteiger charge is 2.19. The van der Waals surface area contributed by atoms with Crippen LogP contribution in [0.2, 0.25) is 0 Å². The molecule has 0 aliphatic heterocycles. The number of pyridine rings is 1. The number of carbonyl (C=O) groups is 1. The Morgan fingerprint density at radius 3 is 2.70 bits per heavy atom. The standard InChI is InChI=1S/C22H18N2O2S/c1-3-11-24(17-7-5-4-6-8-17)22(25)20-14-16-12-15-13-18(26-2)9-10-19(15)23-21(16)27-20/h3-10,12-14H,1,11H2,2H3. The van der Waals surface area contributed by atoms with Gasteiger partial charge in [0, 0.05) is 23.0 Å². The van der Waals surface area contributed by atoms with Crippen LogP contribution in [-0.2, 0) is 0 Å². The quantitative estimate of drug-likeness (QED) is 0.446. The van der Waals surface area contributed by atoms with Crippen LogP contribution in [0.5, 0.6) is 5.75 Å². The number of carbonyl (C=O) groups excluding carboxylic acids is 1. The molecule has 1 amide bonds. The van der Waals surface area contributed by atoms with Gasteiger partial charge in [0.25, 0.3) is 5.91 Å². The fourth-order valence-electron chi connectivity index (χ4n) is 3.02. The number of ether oxygens (including phenoxy) is 1. The number of thiophene rings is 1. The third kappa shape index (κ3) is 3.29. The number of benzene rings is 2. The zero-order valence-electron chi connectivity index (χ0n) is 14.9. The van der Waals surface area contributed by atoms with Crippen molar-refractivity contribution in [2.45, 2.75) is 0 Å². The molecule has 27 heavy (non-hydrogen) atoms. The molecule has 0 fully saturated rings. The molecule has 0 unspecified atom stereocenters. The van der Waals surface area contributed by atoms with E-state index in [0.29, 0.717) is 11.4 Å². The number of hydrogen-bond donors (Lipinski definition) is 0. The summed E-state index contributed by atoms with van der Waals surface area (Å²) in [6.45, 7) is 4.23. The Morgan fingerprint density at radius 1 is 1.15 bits per heavy atom. The Morgan fingerprint density at radius 2 is 1.96 bits per heavy atom. The van der Waals surface area contributed by atoms with E-state index >= 15 is 0 Å². The Hall–Kier alpha value is -3.18. The predicted octanol–water partition coefficient (Wildman–Crippen LogP) is 5.29. The van der Waals surface area contributed by atoms with Gasteiger partial charge in [-0.2, -0.15) is 0 Å². The summed E-state index contributed by atoms with van der Waals surface area (Å²) in [5, 5.41) is 1.94. The maximum absolute atomic E-state index is 13.1. The number of aromatic nitrogens is 1. The summed E-state index contributed by atoms with van der Waals surface area (Å²) in [6.07, 6.45) is 1.73. The van der Waals surface area contributed by atoms with Gasteiger partial charge >= 0.3 is 0 Å². The van der Waals surface area contributed by atoms with E-state index in [1.165, 1.54) is 11.3 Å². The summed E-state index contributed by atoms with van der Waals surface area (Å²) in [5.41, 5.74) is 1.73. The van der Waals surface area contributed by atoms with Crippen molar-refractivity contribution >= 4 is 44.1 Å². The lowest BCUT2D eigenvalue weighted by Crippen LogP contribution is -2.30. The van der Waals surface area contributed by atoms with Gasteiger partial charge in [-0.1, -0.05) is 24.3 Å².